The van der Waals surface area contributed by atoms with E-state index in [2.05, 4.69) is 41.6 Å². The van der Waals surface area contributed by atoms with E-state index in [1.807, 2.05) is 52.3 Å². The maximum absolute atomic E-state index is 13.0. The number of aryl methyl sites for hydroxylation is 2. The molecule has 1 fully saturated rings. The molecule has 1 N–H and O–H groups in total. The van der Waals surface area contributed by atoms with Gasteiger partial charge in [-0.15, -0.1) is 12.4 Å². The molecule has 0 aliphatic carbocycles. The average Bonchev–Trinajstić information content (AvgIpc) is 3.27. The van der Waals surface area contributed by atoms with Crippen molar-refractivity contribution in [3.8, 4) is 5.69 Å². The lowest BCUT2D eigenvalue weighted by Gasteiger charge is -2.36. The molecule has 5 nitrogen and oxygen atoms in total. The zero-order valence-electron chi connectivity index (χ0n) is 17.3. The summed E-state index contributed by atoms with van der Waals surface area (Å²) >= 11 is 0. The number of nitrogens with zero attached hydrogens (tertiary/aromatic N) is 3. The Morgan fingerprint density at radius 2 is 1.87 bits per heavy atom. The summed E-state index contributed by atoms with van der Waals surface area (Å²) in [5.41, 5.74) is 4.65. The van der Waals surface area contributed by atoms with Crippen LogP contribution in [0.1, 0.15) is 36.1 Å². The van der Waals surface area contributed by atoms with Crippen molar-refractivity contribution in [2.45, 2.75) is 32.2 Å². The molecule has 0 saturated carbocycles. The summed E-state index contributed by atoms with van der Waals surface area (Å²) in [7, 11) is 0. The SMILES string of the molecule is CCc1ccc(C2CNCCN2C(=O)CCc2cnn(-c3ccccc3)c2)cc1.Cl. The maximum atomic E-state index is 13.0. The normalized spacial score (nSPS) is 16.2. The molecule has 6 heteroatoms. The average molecular weight is 425 g/mol. The van der Waals surface area contributed by atoms with Crippen LogP contribution in [0.5, 0.6) is 0 Å². The Bertz CT molecular complexity index is 939. The number of rotatable bonds is 6. The van der Waals surface area contributed by atoms with E-state index in [0.29, 0.717) is 12.8 Å². The first-order valence-electron chi connectivity index (χ1n) is 10.4. The molecule has 2 heterocycles. The zero-order valence-corrected chi connectivity index (χ0v) is 18.1. The Morgan fingerprint density at radius 1 is 1.10 bits per heavy atom. The molecule has 158 valence electrons. The molecule has 2 aromatic carbocycles. The predicted octanol–water partition coefficient (Wildman–Crippen LogP) is 3.96. The molecule has 30 heavy (non-hydrogen) atoms. The quantitative estimate of drug-likeness (QED) is 0.651. The number of hydrogen-bond acceptors (Lipinski definition) is 3. The molecule has 0 bridgehead atoms. The van der Waals surface area contributed by atoms with Gasteiger partial charge in [-0.05, 0) is 41.7 Å². The molecule has 0 spiro atoms. The third-order valence-corrected chi connectivity index (χ3v) is 5.62. The number of benzene rings is 2. The lowest BCUT2D eigenvalue weighted by Crippen LogP contribution is -2.48. The van der Waals surface area contributed by atoms with Crippen LogP contribution in [0.4, 0.5) is 0 Å². The number of halogens is 1. The number of para-hydroxylation sites is 1. The Morgan fingerprint density at radius 3 is 2.60 bits per heavy atom. The number of carbonyl (C=O) groups excluding carboxylic acids is 1. The number of hydrogen-bond donors (Lipinski definition) is 1. The van der Waals surface area contributed by atoms with Crippen LogP contribution in [-0.4, -0.2) is 40.2 Å². The first-order chi connectivity index (χ1) is 14.2. The molecule has 3 aromatic rings. The summed E-state index contributed by atoms with van der Waals surface area (Å²) < 4.78 is 1.86. The molecule has 1 aliphatic rings. The van der Waals surface area contributed by atoms with Gasteiger partial charge >= 0.3 is 0 Å². The Labute approximate surface area is 184 Å². The van der Waals surface area contributed by atoms with Crippen LogP contribution >= 0.6 is 12.4 Å². The fourth-order valence-electron chi connectivity index (χ4n) is 3.88. The predicted molar refractivity (Wildman–Crippen MR) is 122 cm³/mol. The van der Waals surface area contributed by atoms with Crippen molar-refractivity contribution in [2.75, 3.05) is 19.6 Å². The number of carbonyl (C=O) groups is 1. The number of nitrogens with one attached hydrogen (secondary N) is 1. The second-order valence-electron chi connectivity index (χ2n) is 7.53. The van der Waals surface area contributed by atoms with Crippen molar-refractivity contribution in [3.63, 3.8) is 0 Å². The zero-order chi connectivity index (χ0) is 20.1. The van der Waals surface area contributed by atoms with Gasteiger partial charge in [0.15, 0.2) is 0 Å². The minimum Gasteiger partial charge on any atom is -0.333 e. The molecular formula is C24H29ClN4O. The monoisotopic (exact) mass is 424 g/mol. The van der Waals surface area contributed by atoms with Gasteiger partial charge in [0.2, 0.25) is 5.91 Å². The summed E-state index contributed by atoms with van der Waals surface area (Å²) in [6, 6.07) is 18.8. The van der Waals surface area contributed by atoms with E-state index in [1.165, 1.54) is 11.1 Å². The van der Waals surface area contributed by atoms with Crippen molar-refractivity contribution in [1.82, 2.24) is 20.0 Å². The van der Waals surface area contributed by atoms with E-state index in [4.69, 9.17) is 0 Å². The highest BCUT2D eigenvalue weighted by Crippen LogP contribution is 2.24. The summed E-state index contributed by atoms with van der Waals surface area (Å²) in [4.78, 5) is 15.1. The Kier molecular flexibility index (Phi) is 7.66. The molecule has 1 amide bonds. The van der Waals surface area contributed by atoms with Crippen molar-refractivity contribution in [3.05, 3.63) is 83.7 Å². The molecule has 1 aliphatic heterocycles. The second kappa shape index (κ2) is 10.4. The lowest BCUT2D eigenvalue weighted by atomic mass is 10.00. The fourth-order valence-corrected chi connectivity index (χ4v) is 3.88. The van der Waals surface area contributed by atoms with E-state index in [9.17, 15) is 4.79 Å². The molecule has 4 rings (SSSR count). The van der Waals surface area contributed by atoms with E-state index in [0.717, 1.165) is 37.3 Å². The van der Waals surface area contributed by atoms with E-state index in [-0.39, 0.29) is 24.4 Å². The van der Waals surface area contributed by atoms with Gasteiger partial charge in [0.05, 0.1) is 17.9 Å². The highest BCUT2D eigenvalue weighted by Gasteiger charge is 2.27. The van der Waals surface area contributed by atoms with Crippen LogP contribution in [0.25, 0.3) is 5.69 Å². The van der Waals surface area contributed by atoms with Gasteiger partial charge in [0.25, 0.3) is 0 Å². The van der Waals surface area contributed by atoms with Crippen molar-refractivity contribution in [2.24, 2.45) is 0 Å². The topological polar surface area (TPSA) is 50.2 Å². The van der Waals surface area contributed by atoms with Gasteiger partial charge in [-0.25, -0.2) is 4.68 Å². The van der Waals surface area contributed by atoms with Crippen LogP contribution in [0, 0.1) is 0 Å². The summed E-state index contributed by atoms with van der Waals surface area (Å²) in [5.74, 6) is 0.212. The third-order valence-electron chi connectivity index (χ3n) is 5.62. The third kappa shape index (κ3) is 5.10. The molecule has 1 unspecified atom stereocenters. The first kappa shape index (κ1) is 22.1. The standard InChI is InChI=1S/C24H28N4O.ClH/c1-2-19-8-11-21(12-9-19)23-17-25-14-15-27(23)24(29)13-10-20-16-26-28(18-20)22-6-4-3-5-7-22;/h3-9,11-12,16,18,23,25H,2,10,13-15,17H2,1H3;1H. The largest absolute Gasteiger partial charge is 0.333 e. The Hall–Kier alpha value is -2.63. The van der Waals surface area contributed by atoms with E-state index >= 15 is 0 Å². The molecule has 1 atom stereocenters. The van der Waals surface area contributed by atoms with E-state index in [1.54, 1.807) is 0 Å². The molecule has 0 radical (unpaired) electrons. The minimum absolute atomic E-state index is 0. The van der Waals surface area contributed by atoms with Crippen LogP contribution < -0.4 is 5.32 Å². The number of aromatic nitrogens is 2. The fraction of sp³-hybridized carbons (Fsp3) is 0.333. The van der Waals surface area contributed by atoms with Crippen LogP contribution in [0.3, 0.4) is 0 Å². The first-order valence-corrected chi connectivity index (χ1v) is 10.4. The van der Waals surface area contributed by atoms with Crippen molar-refractivity contribution in [1.29, 1.82) is 0 Å². The van der Waals surface area contributed by atoms with Crippen LogP contribution in [0.15, 0.2) is 67.0 Å². The molecule has 1 saturated heterocycles. The summed E-state index contributed by atoms with van der Waals surface area (Å²) in [6.45, 7) is 4.57. The Balaban J connectivity index is 0.00000256. The van der Waals surface area contributed by atoms with E-state index < -0.39 is 0 Å². The minimum atomic E-state index is 0. The van der Waals surface area contributed by atoms with Gasteiger partial charge in [0.1, 0.15) is 0 Å². The van der Waals surface area contributed by atoms with Gasteiger partial charge < -0.3 is 10.2 Å². The number of amides is 1. The molecule has 1 aromatic heterocycles. The lowest BCUT2D eigenvalue weighted by molar-refractivity contribution is -0.134. The highest BCUT2D eigenvalue weighted by molar-refractivity contribution is 5.85. The summed E-state index contributed by atoms with van der Waals surface area (Å²) in [6.07, 6.45) is 6.12. The van der Waals surface area contributed by atoms with Crippen LogP contribution in [-0.2, 0) is 17.6 Å². The second-order valence-corrected chi connectivity index (χ2v) is 7.53. The maximum Gasteiger partial charge on any atom is 0.223 e. The smallest absolute Gasteiger partial charge is 0.223 e. The molecular weight excluding hydrogens is 396 g/mol. The van der Waals surface area contributed by atoms with Crippen molar-refractivity contribution < 1.29 is 4.79 Å². The van der Waals surface area contributed by atoms with Gasteiger partial charge in [0, 0.05) is 32.3 Å². The van der Waals surface area contributed by atoms with Crippen molar-refractivity contribution >= 4 is 18.3 Å². The van der Waals surface area contributed by atoms with Gasteiger partial charge in [-0.2, -0.15) is 5.10 Å². The van der Waals surface area contributed by atoms with Gasteiger partial charge in [-0.1, -0.05) is 49.4 Å². The van der Waals surface area contributed by atoms with Gasteiger partial charge in [-0.3, -0.25) is 4.79 Å². The summed E-state index contributed by atoms with van der Waals surface area (Å²) in [5, 5.41) is 7.87. The van der Waals surface area contributed by atoms with Crippen LogP contribution in [0.2, 0.25) is 0 Å². The number of piperazine rings is 1. The highest BCUT2D eigenvalue weighted by atomic mass is 35.5.